The summed E-state index contributed by atoms with van der Waals surface area (Å²) in [4.78, 5) is 0. The summed E-state index contributed by atoms with van der Waals surface area (Å²) >= 11 is 3.46. The van der Waals surface area contributed by atoms with Crippen molar-refractivity contribution < 1.29 is 4.39 Å². The van der Waals surface area contributed by atoms with Gasteiger partial charge < -0.3 is 5.32 Å². The fraction of sp³-hybridized carbons (Fsp3) is 0.667. The Morgan fingerprint density at radius 2 is 2.10 bits per heavy atom. The summed E-state index contributed by atoms with van der Waals surface area (Å²) in [7, 11) is 0. The lowest BCUT2D eigenvalue weighted by molar-refractivity contribution is 0.197. The molecule has 21 heavy (non-hydrogen) atoms. The molecule has 0 aromatic heterocycles. The molecule has 0 saturated heterocycles. The fourth-order valence-electron chi connectivity index (χ4n) is 3.54. The maximum absolute atomic E-state index is 14.0. The lowest BCUT2D eigenvalue weighted by Gasteiger charge is -2.37. The van der Waals surface area contributed by atoms with E-state index in [-0.39, 0.29) is 5.82 Å². The van der Waals surface area contributed by atoms with Crippen LogP contribution in [0.15, 0.2) is 22.7 Å². The van der Waals surface area contributed by atoms with E-state index in [9.17, 15) is 4.39 Å². The Bertz CT molecular complexity index is 449. The average molecular weight is 356 g/mol. The fourth-order valence-corrected chi connectivity index (χ4v) is 3.95. The quantitative estimate of drug-likeness (QED) is 0.727. The van der Waals surface area contributed by atoms with Crippen LogP contribution in [0.1, 0.15) is 51.5 Å². The van der Waals surface area contributed by atoms with Crippen molar-refractivity contribution in [3.8, 4) is 0 Å². The van der Waals surface area contributed by atoms with Gasteiger partial charge in [0.2, 0.25) is 0 Å². The first-order valence-electron chi connectivity index (χ1n) is 8.31. The van der Waals surface area contributed by atoms with Crippen LogP contribution in [-0.2, 0) is 6.42 Å². The van der Waals surface area contributed by atoms with Gasteiger partial charge in [-0.2, -0.15) is 0 Å². The molecular weight excluding hydrogens is 329 g/mol. The molecule has 1 saturated carbocycles. The number of benzene rings is 1. The van der Waals surface area contributed by atoms with Crippen molar-refractivity contribution in [2.45, 2.75) is 58.4 Å². The van der Waals surface area contributed by atoms with E-state index in [0.717, 1.165) is 35.3 Å². The van der Waals surface area contributed by atoms with Crippen molar-refractivity contribution in [2.75, 3.05) is 6.54 Å². The van der Waals surface area contributed by atoms with Gasteiger partial charge in [-0.3, -0.25) is 0 Å². The van der Waals surface area contributed by atoms with Gasteiger partial charge >= 0.3 is 0 Å². The van der Waals surface area contributed by atoms with Crippen molar-refractivity contribution >= 4 is 15.9 Å². The van der Waals surface area contributed by atoms with Crippen LogP contribution in [-0.4, -0.2) is 12.6 Å². The molecule has 118 valence electrons. The minimum atomic E-state index is -0.0638. The van der Waals surface area contributed by atoms with Gasteiger partial charge in [-0.25, -0.2) is 4.39 Å². The van der Waals surface area contributed by atoms with Crippen LogP contribution >= 0.6 is 15.9 Å². The summed E-state index contributed by atoms with van der Waals surface area (Å²) < 4.78 is 15.0. The average Bonchev–Trinajstić information content (AvgIpc) is 2.49. The molecule has 1 aromatic rings. The van der Waals surface area contributed by atoms with Crippen molar-refractivity contribution in [1.29, 1.82) is 0 Å². The molecule has 0 spiro atoms. The topological polar surface area (TPSA) is 12.0 Å². The molecule has 1 nitrogen and oxygen atoms in total. The van der Waals surface area contributed by atoms with Gasteiger partial charge in [0.05, 0.1) is 0 Å². The Hall–Kier alpha value is -0.410. The summed E-state index contributed by atoms with van der Waals surface area (Å²) in [5.41, 5.74) is 0.856. The van der Waals surface area contributed by atoms with Gasteiger partial charge in [0, 0.05) is 10.5 Å². The van der Waals surface area contributed by atoms with Gasteiger partial charge in [-0.05, 0) is 74.2 Å². The number of hydrogen-bond donors (Lipinski definition) is 1. The summed E-state index contributed by atoms with van der Waals surface area (Å²) in [5, 5.41) is 3.69. The Labute approximate surface area is 136 Å². The Kier molecular flexibility index (Phi) is 6.69. The second-order valence-corrected chi connectivity index (χ2v) is 7.26. The molecule has 1 aliphatic rings. The number of hydrogen-bond acceptors (Lipinski definition) is 1. The lowest BCUT2D eigenvalue weighted by Crippen LogP contribution is -2.42. The second-order valence-electron chi connectivity index (χ2n) is 6.35. The van der Waals surface area contributed by atoms with Crippen LogP contribution in [0.4, 0.5) is 4.39 Å². The zero-order chi connectivity index (χ0) is 15.2. The van der Waals surface area contributed by atoms with Gasteiger partial charge in [0.25, 0.3) is 0 Å². The third kappa shape index (κ3) is 4.79. The zero-order valence-electron chi connectivity index (χ0n) is 13.2. The van der Waals surface area contributed by atoms with Gasteiger partial charge in [0.1, 0.15) is 5.82 Å². The molecule has 0 radical (unpaired) electrons. The van der Waals surface area contributed by atoms with E-state index in [4.69, 9.17) is 0 Å². The predicted molar refractivity (Wildman–Crippen MR) is 91.0 cm³/mol. The molecule has 1 fully saturated rings. The number of nitrogens with one attached hydrogen (secondary N) is 1. The second kappa shape index (κ2) is 8.28. The highest BCUT2D eigenvalue weighted by Crippen LogP contribution is 2.34. The van der Waals surface area contributed by atoms with Crippen molar-refractivity contribution in [2.24, 2.45) is 11.8 Å². The van der Waals surface area contributed by atoms with Crippen LogP contribution in [0, 0.1) is 17.7 Å². The largest absolute Gasteiger partial charge is 0.314 e. The van der Waals surface area contributed by atoms with Gasteiger partial charge in [-0.15, -0.1) is 0 Å². The zero-order valence-corrected chi connectivity index (χ0v) is 14.8. The number of halogens is 2. The molecule has 0 bridgehead atoms. The van der Waals surface area contributed by atoms with E-state index in [2.05, 4.69) is 35.1 Å². The maximum Gasteiger partial charge on any atom is 0.126 e. The minimum absolute atomic E-state index is 0.0638. The molecule has 1 aromatic carbocycles. The highest BCUT2D eigenvalue weighted by atomic mass is 79.9. The van der Waals surface area contributed by atoms with Crippen LogP contribution in [0.3, 0.4) is 0 Å². The lowest BCUT2D eigenvalue weighted by atomic mass is 9.74. The Balaban J connectivity index is 2.09. The first kappa shape index (κ1) is 17.0. The molecular formula is C18H27BrFN. The van der Waals surface area contributed by atoms with E-state index in [1.165, 1.54) is 25.7 Å². The highest BCUT2D eigenvalue weighted by molar-refractivity contribution is 9.10. The van der Waals surface area contributed by atoms with Crippen LogP contribution in [0.25, 0.3) is 0 Å². The molecule has 0 heterocycles. The van der Waals surface area contributed by atoms with Crippen LogP contribution in [0.5, 0.6) is 0 Å². The van der Waals surface area contributed by atoms with E-state index in [0.29, 0.717) is 12.0 Å². The molecule has 3 heteroatoms. The molecule has 0 amide bonds. The molecule has 0 aliphatic heterocycles. The van der Waals surface area contributed by atoms with Crippen molar-refractivity contribution in [3.05, 3.63) is 34.1 Å². The smallest absolute Gasteiger partial charge is 0.126 e. The molecule has 1 N–H and O–H groups in total. The van der Waals surface area contributed by atoms with Gasteiger partial charge in [-0.1, -0.05) is 36.2 Å². The highest BCUT2D eigenvalue weighted by Gasteiger charge is 2.29. The molecule has 1 aliphatic carbocycles. The monoisotopic (exact) mass is 355 g/mol. The normalized spacial score (nSPS) is 26.0. The van der Waals surface area contributed by atoms with Crippen molar-refractivity contribution in [1.82, 2.24) is 5.32 Å². The predicted octanol–water partition coefficient (Wildman–Crippen LogP) is 5.33. The number of rotatable bonds is 6. The Morgan fingerprint density at radius 1 is 1.29 bits per heavy atom. The third-order valence-corrected chi connectivity index (χ3v) is 5.31. The first-order chi connectivity index (χ1) is 10.1. The molecule has 3 atom stereocenters. The standard InChI is InChI=1S/C18H27BrFN/c1-3-9-21-18-8-5-13(4-2)10-15(18)11-14-12-16(19)6-7-17(14)20/h6-7,12-13,15,18,21H,3-5,8-11H2,1-2H3. The third-order valence-electron chi connectivity index (χ3n) is 4.81. The molecule has 3 unspecified atom stereocenters. The maximum atomic E-state index is 14.0. The summed E-state index contributed by atoms with van der Waals surface area (Å²) in [6.07, 6.45) is 7.03. The van der Waals surface area contributed by atoms with Crippen LogP contribution < -0.4 is 5.32 Å². The summed E-state index contributed by atoms with van der Waals surface area (Å²) in [6.45, 7) is 5.55. The van der Waals surface area contributed by atoms with Crippen LogP contribution in [0.2, 0.25) is 0 Å². The SMILES string of the molecule is CCCNC1CCC(CC)CC1Cc1cc(Br)ccc1F. The van der Waals surface area contributed by atoms with Gasteiger partial charge in [0.15, 0.2) is 0 Å². The Morgan fingerprint density at radius 3 is 2.81 bits per heavy atom. The first-order valence-corrected chi connectivity index (χ1v) is 9.10. The summed E-state index contributed by atoms with van der Waals surface area (Å²) in [6, 6.07) is 5.85. The van der Waals surface area contributed by atoms with Crippen molar-refractivity contribution in [3.63, 3.8) is 0 Å². The minimum Gasteiger partial charge on any atom is -0.314 e. The van der Waals surface area contributed by atoms with E-state index in [1.807, 2.05) is 6.07 Å². The van der Waals surface area contributed by atoms with E-state index < -0.39 is 0 Å². The van der Waals surface area contributed by atoms with E-state index >= 15 is 0 Å². The molecule has 2 rings (SSSR count). The van der Waals surface area contributed by atoms with E-state index in [1.54, 1.807) is 12.1 Å². The summed E-state index contributed by atoms with van der Waals surface area (Å²) in [5.74, 6) is 1.30.